The number of halogens is 2. The van der Waals surface area contributed by atoms with E-state index in [0.29, 0.717) is 23.4 Å². The number of aromatic nitrogens is 4. The van der Waals surface area contributed by atoms with Crippen LogP contribution in [0.4, 0.5) is 14.6 Å². The molecule has 0 radical (unpaired) electrons. The molecule has 47 heavy (non-hydrogen) atoms. The van der Waals surface area contributed by atoms with Gasteiger partial charge in [0.2, 0.25) is 5.91 Å². The Labute approximate surface area is 271 Å². The maximum Gasteiger partial charge on any atom is 0.354 e. The Morgan fingerprint density at radius 3 is 2.38 bits per heavy atom. The fourth-order valence-corrected chi connectivity index (χ4v) is 6.97. The van der Waals surface area contributed by atoms with Crippen LogP contribution >= 0.6 is 0 Å². The van der Waals surface area contributed by atoms with Crippen molar-refractivity contribution in [2.75, 3.05) is 24.6 Å². The molecule has 2 aromatic carbocycles. The summed E-state index contributed by atoms with van der Waals surface area (Å²) in [5.74, 6) is -3.26. The van der Waals surface area contributed by atoms with Gasteiger partial charge in [-0.1, -0.05) is 46.4 Å². The van der Waals surface area contributed by atoms with Crippen molar-refractivity contribution >= 4 is 22.6 Å². The molecule has 12 heteroatoms. The van der Waals surface area contributed by atoms with Gasteiger partial charge in [-0.15, -0.1) is 0 Å². The molecule has 1 fully saturated rings. The van der Waals surface area contributed by atoms with Crippen LogP contribution < -0.4 is 15.3 Å². The summed E-state index contributed by atoms with van der Waals surface area (Å²) in [6.07, 6.45) is 3.03. The number of carbonyl (C=O) groups excluding carboxylic acids is 1. The highest BCUT2D eigenvalue weighted by Crippen LogP contribution is 2.48. The number of carbonyl (C=O) groups is 1. The van der Waals surface area contributed by atoms with Crippen LogP contribution in [0, 0.1) is 18.6 Å². The summed E-state index contributed by atoms with van der Waals surface area (Å²) in [5.41, 5.74) is 0.0348. The first-order valence-corrected chi connectivity index (χ1v) is 15.8. The van der Waals surface area contributed by atoms with Crippen LogP contribution in [0.25, 0.3) is 27.7 Å². The largest absolute Gasteiger partial charge is 0.507 e. The van der Waals surface area contributed by atoms with Gasteiger partial charge in [0, 0.05) is 31.1 Å². The number of ether oxygens (including phenoxy) is 1. The Balaban J connectivity index is 1.81. The minimum Gasteiger partial charge on any atom is -0.507 e. The molecule has 2 aliphatic rings. The summed E-state index contributed by atoms with van der Waals surface area (Å²) < 4.78 is 41.8. The van der Waals surface area contributed by atoms with Crippen LogP contribution in [0.5, 0.6) is 11.5 Å². The Bertz CT molecular complexity index is 1950. The number of hydrogen-bond acceptors (Lipinski definition) is 8. The van der Waals surface area contributed by atoms with Gasteiger partial charge < -0.3 is 19.6 Å². The van der Waals surface area contributed by atoms with Crippen LogP contribution in [0.1, 0.15) is 69.8 Å². The molecular formula is C35H38F2N6O4. The Kier molecular flexibility index (Phi) is 8.23. The lowest BCUT2D eigenvalue weighted by atomic mass is 9.94. The standard InChI is InChI=1S/C35H38F2N6O4/c1-8-23(45)41-14-20(7)42-21(15-41)12-13-47-33-26-31(27(36)25(28(33)37)24-19(6)10-9-11-22(24)44)43(35(46)40-34(26)42)32-29(17(2)3)38-16-39-30(32)18(4)5/h8-11,16-18,20-21,44H,1,12-15H2,2-7H3. The maximum absolute atomic E-state index is 17.5. The van der Waals surface area contributed by atoms with Crippen molar-refractivity contribution in [1.29, 1.82) is 0 Å². The van der Waals surface area contributed by atoms with E-state index in [1.165, 1.54) is 18.5 Å². The van der Waals surface area contributed by atoms with E-state index in [1.807, 2.05) is 39.5 Å². The van der Waals surface area contributed by atoms with E-state index in [1.54, 1.807) is 24.0 Å². The molecule has 0 saturated carbocycles. The number of benzene rings is 2. The van der Waals surface area contributed by atoms with Crippen molar-refractivity contribution in [3.05, 3.63) is 76.3 Å². The maximum atomic E-state index is 17.5. The van der Waals surface area contributed by atoms with E-state index in [-0.39, 0.29) is 89.0 Å². The molecule has 10 nitrogen and oxygen atoms in total. The molecule has 0 aliphatic carbocycles. The van der Waals surface area contributed by atoms with Crippen molar-refractivity contribution < 1.29 is 23.4 Å². The number of hydrogen-bond donors (Lipinski definition) is 1. The summed E-state index contributed by atoms with van der Waals surface area (Å²) in [6.45, 7) is 15.3. The third-order valence-electron chi connectivity index (χ3n) is 9.06. The fraction of sp³-hybridized carbons (Fsp3) is 0.400. The number of anilines is 1. The predicted octanol–water partition coefficient (Wildman–Crippen LogP) is 5.76. The average Bonchev–Trinajstić information content (AvgIpc) is 3.01. The zero-order valence-electron chi connectivity index (χ0n) is 27.3. The highest BCUT2D eigenvalue weighted by atomic mass is 19.1. The van der Waals surface area contributed by atoms with E-state index < -0.39 is 22.9 Å². The van der Waals surface area contributed by atoms with E-state index in [0.717, 1.165) is 4.57 Å². The van der Waals surface area contributed by atoms with Crippen LogP contribution in [-0.4, -0.2) is 67.2 Å². The number of nitrogens with zero attached hydrogens (tertiary/aromatic N) is 6. The van der Waals surface area contributed by atoms with E-state index >= 15 is 8.78 Å². The second-order valence-corrected chi connectivity index (χ2v) is 12.9. The Hall–Kier alpha value is -4.87. The highest BCUT2D eigenvalue weighted by Gasteiger charge is 2.40. The molecule has 0 spiro atoms. The molecule has 4 heterocycles. The highest BCUT2D eigenvalue weighted by molar-refractivity contribution is 6.01. The van der Waals surface area contributed by atoms with Crippen molar-refractivity contribution in [3.63, 3.8) is 0 Å². The number of aryl methyl sites for hydroxylation is 1. The molecular weight excluding hydrogens is 606 g/mol. The number of piperazine rings is 1. The normalized spacial score (nSPS) is 17.8. The molecule has 6 rings (SSSR count). The molecule has 1 N–H and O–H groups in total. The van der Waals surface area contributed by atoms with Gasteiger partial charge in [-0.25, -0.2) is 23.5 Å². The van der Waals surface area contributed by atoms with Crippen LogP contribution in [0.3, 0.4) is 0 Å². The third-order valence-corrected chi connectivity index (χ3v) is 9.06. The smallest absolute Gasteiger partial charge is 0.354 e. The molecule has 246 valence electrons. The molecule has 2 unspecified atom stereocenters. The van der Waals surface area contributed by atoms with Crippen molar-refractivity contribution in [1.82, 2.24) is 24.4 Å². The molecule has 1 saturated heterocycles. The molecule has 2 atom stereocenters. The zero-order valence-corrected chi connectivity index (χ0v) is 27.3. The monoisotopic (exact) mass is 644 g/mol. The van der Waals surface area contributed by atoms with Gasteiger partial charge >= 0.3 is 5.69 Å². The van der Waals surface area contributed by atoms with Gasteiger partial charge in [0.15, 0.2) is 17.4 Å². The first kappa shape index (κ1) is 32.1. The number of phenolic OH excluding ortho intramolecular Hbond substituents is 1. The lowest BCUT2D eigenvalue weighted by Gasteiger charge is -2.47. The number of aromatic hydroxyl groups is 1. The summed E-state index contributed by atoms with van der Waals surface area (Å²) in [4.78, 5) is 44.2. The van der Waals surface area contributed by atoms with E-state index in [2.05, 4.69) is 21.5 Å². The second kappa shape index (κ2) is 12.1. The first-order chi connectivity index (χ1) is 22.4. The topological polar surface area (TPSA) is 114 Å². The van der Waals surface area contributed by atoms with Gasteiger partial charge in [-0.3, -0.25) is 9.36 Å². The first-order valence-electron chi connectivity index (χ1n) is 15.8. The summed E-state index contributed by atoms with van der Waals surface area (Å²) in [5, 5.41) is 10.9. The van der Waals surface area contributed by atoms with Gasteiger partial charge in [0.1, 0.15) is 23.4 Å². The third kappa shape index (κ3) is 5.10. The average molecular weight is 645 g/mol. The van der Waals surface area contributed by atoms with Crippen LogP contribution in [0.15, 0.2) is 42.0 Å². The van der Waals surface area contributed by atoms with Gasteiger partial charge in [0.05, 0.1) is 40.7 Å². The summed E-state index contributed by atoms with van der Waals surface area (Å²) in [6, 6.07) is 3.84. The summed E-state index contributed by atoms with van der Waals surface area (Å²) >= 11 is 0. The number of amides is 1. The quantitative estimate of drug-likeness (QED) is 0.273. The minimum absolute atomic E-state index is 0.0234. The number of phenols is 1. The second-order valence-electron chi connectivity index (χ2n) is 12.9. The van der Waals surface area contributed by atoms with Gasteiger partial charge in [-0.2, -0.15) is 4.98 Å². The van der Waals surface area contributed by atoms with Crippen molar-refractivity contribution in [3.8, 4) is 28.3 Å². The van der Waals surface area contributed by atoms with E-state index in [9.17, 15) is 14.7 Å². The molecule has 1 amide bonds. The van der Waals surface area contributed by atoms with Gasteiger partial charge in [-0.05, 0) is 43.4 Å². The van der Waals surface area contributed by atoms with E-state index in [4.69, 9.17) is 4.74 Å². The number of rotatable bonds is 5. The van der Waals surface area contributed by atoms with Crippen LogP contribution in [0.2, 0.25) is 0 Å². The van der Waals surface area contributed by atoms with Gasteiger partial charge in [0.25, 0.3) is 0 Å². The predicted molar refractivity (Wildman–Crippen MR) is 175 cm³/mol. The van der Waals surface area contributed by atoms with Crippen LogP contribution in [-0.2, 0) is 4.79 Å². The lowest BCUT2D eigenvalue weighted by molar-refractivity contribution is -0.127. The summed E-state index contributed by atoms with van der Waals surface area (Å²) in [7, 11) is 0. The lowest BCUT2D eigenvalue weighted by Crippen LogP contribution is -2.60. The Morgan fingerprint density at radius 1 is 1.09 bits per heavy atom. The molecule has 4 aromatic rings. The SMILES string of the molecule is C=CC(=O)N1CC(C)N2c3nc(=O)n(-c4c(C(C)C)ncnc4C(C)C)c4c(F)c(-c5c(C)cccc5O)c(F)c(c34)OCCC2C1. The molecule has 2 aromatic heterocycles. The van der Waals surface area contributed by atoms with Crippen molar-refractivity contribution in [2.24, 2.45) is 0 Å². The molecule has 0 bridgehead atoms. The van der Waals surface area contributed by atoms with Crippen molar-refractivity contribution in [2.45, 2.75) is 71.9 Å². The minimum atomic E-state index is -1.06. The number of fused-ring (bicyclic) bond motifs is 2. The fourth-order valence-electron chi connectivity index (χ4n) is 6.97. The Morgan fingerprint density at radius 2 is 1.77 bits per heavy atom. The zero-order chi connectivity index (χ0) is 33.9. The molecule has 2 aliphatic heterocycles.